The molecule has 0 amide bonds. The molecule has 0 bridgehead atoms. The second kappa shape index (κ2) is 9.55. The highest BCUT2D eigenvalue weighted by Gasteiger charge is 2.31. The number of benzene rings is 2. The van der Waals surface area contributed by atoms with Gasteiger partial charge in [-0.25, -0.2) is 13.2 Å². The van der Waals surface area contributed by atoms with Crippen LogP contribution in [0.5, 0.6) is 0 Å². The van der Waals surface area contributed by atoms with E-state index in [2.05, 4.69) is 10.5 Å². The molecule has 7 nitrogen and oxygen atoms in total. The molecule has 1 aliphatic rings. The highest BCUT2D eigenvalue weighted by Crippen LogP contribution is 2.20. The molecule has 2 heterocycles. The van der Waals surface area contributed by atoms with Crippen LogP contribution >= 0.6 is 0 Å². The van der Waals surface area contributed by atoms with Gasteiger partial charge in [0, 0.05) is 18.2 Å². The average Bonchev–Trinajstić information content (AvgIpc) is 3.31. The van der Waals surface area contributed by atoms with Gasteiger partial charge < -0.3 is 9.57 Å². The zero-order valence-electron chi connectivity index (χ0n) is 16.9. The number of nitrogens with zero attached hydrogens (tertiary/aromatic N) is 1. The standard InChI is InChI=1S/C23H24N2O5S/c26-23(18-7-2-1-3-8-18)30-25-21(22-11-6-12-29-22)16-31(27,28)15-17-13-19-9-4-5-10-20(19)24-14-17/h1-5,7-10,13-14,21-22,25H,6,11-12,15-16H2/t21-,22-/m1/s1. The molecule has 0 aliphatic carbocycles. The number of pyridine rings is 1. The third kappa shape index (κ3) is 5.66. The van der Waals surface area contributed by atoms with E-state index >= 15 is 0 Å². The molecular formula is C23H24N2O5S. The van der Waals surface area contributed by atoms with Crippen molar-refractivity contribution in [2.24, 2.45) is 0 Å². The van der Waals surface area contributed by atoms with E-state index in [1.54, 1.807) is 36.5 Å². The maximum Gasteiger partial charge on any atom is 0.356 e. The predicted octanol–water partition coefficient (Wildman–Crippen LogP) is 3.06. The first-order valence-corrected chi connectivity index (χ1v) is 12.0. The molecule has 0 spiro atoms. The molecule has 3 aromatic rings. The number of fused-ring (bicyclic) bond motifs is 1. The van der Waals surface area contributed by atoms with Gasteiger partial charge in [-0.2, -0.15) is 0 Å². The first-order chi connectivity index (χ1) is 15.0. The summed E-state index contributed by atoms with van der Waals surface area (Å²) in [4.78, 5) is 21.8. The number of para-hydroxylation sites is 1. The molecule has 162 valence electrons. The minimum Gasteiger partial charge on any atom is -0.376 e. The highest BCUT2D eigenvalue weighted by molar-refractivity contribution is 7.90. The van der Waals surface area contributed by atoms with Gasteiger partial charge in [-0.1, -0.05) is 36.4 Å². The van der Waals surface area contributed by atoms with Crippen LogP contribution in [0.15, 0.2) is 66.9 Å². The van der Waals surface area contributed by atoms with Crippen LogP contribution in [0.3, 0.4) is 0 Å². The molecule has 1 N–H and O–H groups in total. The fourth-order valence-corrected chi connectivity index (χ4v) is 5.29. The van der Waals surface area contributed by atoms with E-state index in [1.807, 2.05) is 30.3 Å². The topological polar surface area (TPSA) is 94.6 Å². The number of nitrogens with one attached hydrogen (secondary N) is 1. The Bertz CT molecular complexity index is 1140. The van der Waals surface area contributed by atoms with Gasteiger partial charge >= 0.3 is 5.97 Å². The van der Waals surface area contributed by atoms with Crippen LogP contribution < -0.4 is 5.48 Å². The van der Waals surface area contributed by atoms with Crippen LogP contribution in [0.1, 0.15) is 28.8 Å². The highest BCUT2D eigenvalue weighted by atomic mass is 32.2. The molecule has 8 heteroatoms. The molecule has 1 aromatic heterocycles. The summed E-state index contributed by atoms with van der Waals surface area (Å²) in [6.07, 6.45) is 2.79. The summed E-state index contributed by atoms with van der Waals surface area (Å²) in [5.41, 5.74) is 4.47. The van der Waals surface area contributed by atoms with E-state index in [-0.39, 0.29) is 17.6 Å². The van der Waals surface area contributed by atoms with Crippen molar-refractivity contribution in [3.05, 3.63) is 78.0 Å². The summed E-state index contributed by atoms with van der Waals surface area (Å²) in [6, 6.07) is 17.3. The van der Waals surface area contributed by atoms with Crippen molar-refractivity contribution in [2.75, 3.05) is 12.4 Å². The van der Waals surface area contributed by atoms with Crippen molar-refractivity contribution in [3.8, 4) is 0 Å². The fourth-order valence-electron chi connectivity index (χ4n) is 3.68. The van der Waals surface area contributed by atoms with E-state index in [1.165, 1.54) is 0 Å². The molecular weight excluding hydrogens is 416 g/mol. The summed E-state index contributed by atoms with van der Waals surface area (Å²) in [7, 11) is -3.53. The molecule has 2 atom stereocenters. The zero-order chi connectivity index (χ0) is 21.7. The van der Waals surface area contributed by atoms with Gasteiger partial charge in [-0.15, -0.1) is 5.48 Å². The number of carbonyl (C=O) groups is 1. The van der Waals surface area contributed by atoms with Crippen molar-refractivity contribution in [1.29, 1.82) is 0 Å². The quantitative estimate of drug-likeness (QED) is 0.538. The van der Waals surface area contributed by atoms with Gasteiger partial charge in [0.1, 0.15) is 0 Å². The van der Waals surface area contributed by atoms with E-state index < -0.39 is 21.8 Å². The second-order valence-electron chi connectivity index (χ2n) is 7.62. The van der Waals surface area contributed by atoms with Gasteiger partial charge in [0.15, 0.2) is 9.84 Å². The molecule has 31 heavy (non-hydrogen) atoms. The third-order valence-corrected chi connectivity index (χ3v) is 6.83. The summed E-state index contributed by atoms with van der Waals surface area (Å²) >= 11 is 0. The molecule has 0 radical (unpaired) electrons. The van der Waals surface area contributed by atoms with E-state index in [4.69, 9.17) is 9.57 Å². The third-order valence-electron chi connectivity index (χ3n) is 5.19. The Hall–Kier alpha value is -2.81. The smallest absolute Gasteiger partial charge is 0.356 e. The fraction of sp³-hybridized carbons (Fsp3) is 0.304. The van der Waals surface area contributed by atoms with Crippen LogP contribution in [0.4, 0.5) is 0 Å². The molecule has 1 aliphatic heterocycles. The van der Waals surface area contributed by atoms with E-state index in [9.17, 15) is 13.2 Å². The Morgan fingerprint density at radius 2 is 1.94 bits per heavy atom. The van der Waals surface area contributed by atoms with E-state index in [0.717, 1.165) is 17.3 Å². The average molecular weight is 441 g/mol. The summed E-state index contributed by atoms with van der Waals surface area (Å²) < 4.78 is 31.6. The molecule has 0 unspecified atom stereocenters. The Kier molecular flexibility index (Phi) is 6.60. The van der Waals surface area contributed by atoms with Gasteiger partial charge in [0.05, 0.1) is 34.7 Å². The Morgan fingerprint density at radius 3 is 2.71 bits per heavy atom. The van der Waals surface area contributed by atoms with Crippen molar-refractivity contribution >= 4 is 26.7 Å². The second-order valence-corrected chi connectivity index (χ2v) is 9.73. The van der Waals surface area contributed by atoms with Crippen molar-refractivity contribution < 1.29 is 22.8 Å². The number of rotatable bonds is 8. The SMILES string of the molecule is O=C(ON[C@H](CS(=O)(=O)Cc1cnc2ccccc2c1)[C@H]1CCCO1)c1ccccc1. The number of carbonyl (C=O) groups excluding carboxylic acids is 1. The number of hydrogen-bond donors (Lipinski definition) is 1. The van der Waals surface area contributed by atoms with Crippen molar-refractivity contribution in [1.82, 2.24) is 10.5 Å². The van der Waals surface area contributed by atoms with Crippen LogP contribution in [0.2, 0.25) is 0 Å². The number of ether oxygens (including phenoxy) is 1. The van der Waals surface area contributed by atoms with Crippen molar-refractivity contribution in [3.63, 3.8) is 0 Å². The predicted molar refractivity (Wildman–Crippen MR) is 117 cm³/mol. The van der Waals surface area contributed by atoms with E-state index in [0.29, 0.717) is 24.2 Å². The van der Waals surface area contributed by atoms with Crippen LogP contribution in [-0.2, 0) is 25.2 Å². The normalized spacial score (nSPS) is 17.5. The Labute approximate surface area is 181 Å². The van der Waals surface area contributed by atoms with Gasteiger partial charge in [0.25, 0.3) is 0 Å². The minimum absolute atomic E-state index is 0.150. The first kappa shape index (κ1) is 21.4. The number of aromatic nitrogens is 1. The van der Waals surface area contributed by atoms with Crippen LogP contribution in [0.25, 0.3) is 10.9 Å². The summed E-state index contributed by atoms with van der Waals surface area (Å²) in [6.45, 7) is 0.560. The van der Waals surface area contributed by atoms with Crippen LogP contribution in [-0.4, -0.2) is 43.9 Å². The van der Waals surface area contributed by atoms with Gasteiger partial charge in [0.2, 0.25) is 0 Å². The maximum absolute atomic E-state index is 13.0. The monoisotopic (exact) mass is 440 g/mol. The molecule has 0 saturated carbocycles. The molecule has 4 rings (SSSR count). The molecule has 1 saturated heterocycles. The van der Waals surface area contributed by atoms with Gasteiger partial charge in [-0.3, -0.25) is 4.98 Å². The lowest BCUT2D eigenvalue weighted by atomic mass is 10.1. The van der Waals surface area contributed by atoms with Gasteiger partial charge in [-0.05, 0) is 42.7 Å². The zero-order valence-corrected chi connectivity index (χ0v) is 17.8. The lowest BCUT2D eigenvalue weighted by Gasteiger charge is -2.23. The Balaban J connectivity index is 1.45. The largest absolute Gasteiger partial charge is 0.376 e. The molecule has 1 fully saturated rings. The minimum atomic E-state index is -3.53. The maximum atomic E-state index is 13.0. The number of sulfone groups is 1. The first-order valence-electron chi connectivity index (χ1n) is 10.2. The Morgan fingerprint density at radius 1 is 1.16 bits per heavy atom. The lowest BCUT2D eigenvalue weighted by molar-refractivity contribution is -0.00883. The van der Waals surface area contributed by atoms with Crippen LogP contribution in [0, 0.1) is 0 Å². The van der Waals surface area contributed by atoms with Crippen molar-refractivity contribution in [2.45, 2.75) is 30.7 Å². The number of hydrogen-bond acceptors (Lipinski definition) is 7. The number of hydroxylamine groups is 1. The summed E-state index contributed by atoms with van der Waals surface area (Å²) in [5, 5.41) is 0.890. The molecule has 2 aromatic carbocycles. The summed E-state index contributed by atoms with van der Waals surface area (Å²) in [5.74, 6) is -0.936. The lowest BCUT2D eigenvalue weighted by Crippen LogP contribution is -2.45.